The van der Waals surface area contributed by atoms with Gasteiger partial charge in [-0.05, 0) is 49.4 Å². The molecule has 1 amide bonds. The number of nitro benzene ring substituents is 1. The molecule has 0 unspecified atom stereocenters. The van der Waals surface area contributed by atoms with Crippen molar-refractivity contribution in [2.24, 2.45) is 0 Å². The van der Waals surface area contributed by atoms with Crippen LogP contribution >= 0.6 is 0 Å². The minimum atomic E-state index is -3.67. The smallest absolute Gasteiger partial charge is 0.271 e. The second-order valence-electron chi connectivity index (χ2n) is 7.52. The summed E-state index contributed by atoms with van der Waals surface area (Å²) >= 11 is 0. The van der Waals surface area contributed by atoms with Gasteiger partial charge in [0.2, 0.25) is 15.9 Å². The molecule has 0 aromatic heterocycles. The third kappa shape index (κ3) is 7.36. The van der Waals surface area contributed by atoms with Crippen LogP contribution in [0.4, 0.5) is 17.1 Å². The summed E-state index contributed by atoms with van der Waals surface area (Å²) in [5.41, 5.74) is 2.58. The number of non-ortho nitro benzene ring substituents is 1. The van der Waals surface area contributed by atoms with Crippen LogP contribution in [0.1, 0.15) is 43.7 Å². The van der Waals surface area contributed by atoms with Crippen LogP contribution in [0.25, 0.3) is 0 Å². The molecule has 168 valence electrons. The number of hydrogen-bond acceptors (Lipinski definition) is 5. The number of nitrogens with zero attached hydrogens (tertiary/aromatic N) is 2. The van der Waals surface area contributed by atoms with Crippen molar-refractivity contribution in [1.82, 2.24) is 0 Å². The maximum atomic E-state index is 12.3. The highest BCUT2D eigenvalue weighted by molar-refractivity contribution is 7.92. The molecule has 0 saturated heterocycles. The first-order valence-corrected chi connectivity index (χ1v) is 12.1. The standard InChI is InChI=1S/C22H29N3O5S/c1-4-5-7-18-10-12-19(13-11-18)23-22(26)8-6-15-24(31(3,29)30)21-16-20(25(27)28)14-9-17(21)2/h9-14,16H,4-8,15H2,1-3H3,(H,23,26). The number of unbranched alkanes of at least 4 members (excludes halogenated alkanes) is 1. The quantitative estimate of drug-likeness (QED) is 0.405. The number of nitrogens with one attached hydrogen (secondary N) is 1. The fourth-order valence-electron chi connectivity index (χ4n) is 3.19. The number of aryl methyl sites for hydroxylation is 2. The molecule has 0 bridgehead atoms. The van der Waals surface area contributed by atoms with Crippen LogP contribution in [0.3, 0.4) is 0 Å². The third-order valence-corrected chi connectivity index (χ3v) is 6.07. The van der Waals surface area contributed by atoms with E-state index in [-0.39, 0.29) is 36.7 Å². The lowest BCUT2D eigenvalue weighted by molar-refractivity contribution is -0.384. The molecule has 0 saturated carbocycles. The van der Waals surface area contributed by atoms with Gasteiger partial charge in [-0.25, -0.2) is 8.42 Å². The molecule has 2 rings (SSSR count). The van der Waals surface area contributed by atoms with Gasteiger partial charge in [0, 0.05) is 30.8 Å². The van der Waals surface area contributed by atoms with Crippen molar-refractivity contribution in [1.29, 1.82) is 0 Å². The molecular formula is C22H29N3O5S. The van der Waals surface area contributed by atoms with Gasteiger partial charge in [0.15, 0.2) is 0 Å². The zero-order valence-corrected chi connectivity index (χ0v) is 18.9. The molecule has 9 heteroatoms. The van der Waals surface area contributed by atoms with E-state index in [1.165, 1.54) is 23.8 Å². The minimum absolute atomic E-state index is 0.0458. The second-order valence-corrected chi connectivity index (χ2v) is 9.42. The number of nitro groups is 1. The van der Waals surface area contributed by atoms with Crippen molar-refractivity contribution in [2.75, 3.05) is 22.4 Å². The molecule has 0 spiro atoms. The number of hydrogen-bond donors (Lipinski definition) is 1. The predicted octanol–water partition coefficient (Wildman–Crippen LogP) is 4.43. The molecular weight excluding hydrogens is 418 g/mol. The normalized spacial score (nSPS) is 11.2. The fourth-order valence-corrected chi connectivity index (χ4v) is 4.20. The maximum Gasteiger partial charge on any atom is 0.271 e. The van der Waals surface area contributed by atoms with Gasteiger partial charge >= 0.3 is 0 Å². The number of rotatable bonds is 11. The summed E-state index contributed by atoms with van der Waals surface area (Å²) < 4.78 is 25.7. The first kappa shape index (κ1) is 24.3. The van der Waals surface area contributed by atoms with Gasteiger partial charge in [-0.1, -0.05) is 31.5 Å². The number of anilines is 2. The minimum Gasteiger partial charge on any atom is -0.326 e. The Labute approximate surface area is 183 Å². The summed E-state index contributed by atoms with van der Waals surface area (Å²) in [6.45, 7) is 3.87. The molecule has 0 radical (unpaired) electrons. The Bertz CT molecular complexity index is 1020. The largest absolute Gasteiger partial charge is 0.326 e. The Morgan fingerprint density at radius 1 is 1.13 bits per heavy atom. The van der Waals surface area contributed by atoms with E-state index in [1.54, 1.807) is 6.92 Å². The van der Waals surface area contributed by atoms with Gasteiger partial charge in [-0.2, -0.15) is 0 Å². The second kappa shape index (κ2) is 10.9. The summed E-state index contributed by atoms with van der Waals surface area (Å²) in [5, 5.41) is 13.9. The van der Waals surface area contributed by atoms with Crippen molar-refractivity contribution < 1.29 is 18.1 Å². The predicted molar refractivity (Wildman–Crippen MR) is 123 cm³/mol. The molecule has 1 N–H and O–H groups in total. The average molecular weight is 448 g/mol. The van der Waals surface area contributed by atoms with Crippen LogP contribution < -0.4 is 9.62 Å². The third-order valence-electron chi connectivity index (χ3n) is 4.89. The number of benzene rings is 2. The van der Waals surface area contributed by atoms with E-state index in [0.717, 1.165) is 29.8 Å². The lowest BCUT2D eigenvalue weighted by Gasteiger charge is -2.24. The lowest BCUT2D eigenvalue weighted by Crippen LogP contribution is -2.32. The fraction of sp³-hybridized carbons (Fsp3) is 0.409. The molecule has 2 aromatic carbocycles. The van der Waals surface area contributed by atoms with Gasteiger partial charge in [0.05, 0.1) is 16.9 Å². The highest BCUT2D eigenvalue weighted by Crippen LogP contribution is 2.27. The van der Waals surface area contributed by atoms with E-state index in [2.05, 4.69) is 12.2 Å². The van der Waals surface area contributed by atoms with Crippen LogP contribution in [0.5, 0.6) is 0 Å². The van der Waals surface area contributed by atoms with Gasteiger partial charge in [0.1, 0.15) is 0 Å². The van der Waals surface area contributed by atoms with Crippen LogP contribution in [-0.4, -0.2) is 32.0 Å². The Kier molecular flexibility index (Phi) is 8.56. The molecule has 0 aliphatic heterocycles. The molecule has 0 fully saturated rings. The van der Waals surface area contributed by atoms with Gasteiger partial charge in [-0.3, -0.25) is 19.2 Å². The van der Waals surface area contributed by atoms with Crippen molar-refractivity contribution >= 4 is 33.0 Å². The van der Waals surface area contributed by atoms with Crippen molar-refractivity contribution in [2.45, 2.75) is 46.0 Å². The van der Waals surface area contributed by atoms with Gasteiger partial charge in [-0.15, -0.1) is 0 Å². The summed E-state index contributed by atoms with van der Waals surface area (Å²) in [4.78, 5) is 22.8. The molecule has 0 aliphatic rings. The van der Waals surface area contributed by atoms with Crippen molar-refractivity contribution in [3.8, 4) is 0 Å². The van der Waals surface area contributed by atoms with Crippen LogP contribution in [0.2, 0.25) is 0 Å². The topological polar surface area (TPSA) is 110 Å². The summed E-state index contributed by atoms with van der Waals surface area (Å²) in [6.07, 6.45) is 4.69. The Morgan fingerprint density at radius 2 is 1.81 bits per heavy atom. The van der Waals surface area contributed by atoms with Crippen LogP contribution in [0, 0.1) is 17.0 Å². The highest BCUT2D eigenvalue weighted by atomic mass is 32.2. The Morgan fingerprint density at radius 3 is 2.39 bits per heavy atom. The average Bonchev–Trinajstić information content (AvgIpc) is 2.70. The maximum absolute atomic E-state index is 12.3. The highest BCUT2D eigenvalue weighted by Gasteiger charge is 2.22. The Balaban J connectivity index is 2.00. The van der Waals surface area contributed by atoms with Crippen LogP contribution in [0.15, 0.2) is 42.5 Å². The van der Waals surface area contributed by atoms with Crippen molar-refractivity contribution in [3.63, 3.8) is 0 Å². The van der Waals surface area contributed by atoms with E-state index >= 15 is 0 Å². The lowest BCUT2D eigenvalue weighted by atomic mass is 10.1. The molecule has 0 atom stereocenters. The Hall–Kier alpha value is -2.94. The zero-order valence-electron chi connectivity index (χ0n) is 18.1. The number of carbonyl (C=O) groups excluding carboxylic acids is 1. The first-order chi connectivity index (χ1) is 14.6. The number of carbonyl (C=O) groups is 1. The van der Waals surface area contributed by atoms with Gasteiger partial charge < -0.3 is 5.32 Å². The molecule has 0 aliphatic carbocycles. The van der Waals surface area contributed by atoms with E-state index in [9.17, 15) is 23.3 Å². The van der Waals surface area contributed by atoms with E-state index in [0.29, 0.717) is 11.3 Å². The molecule has 2 aromatic rings. The van der Waals surface area contributed by atoms with E-state index in [4.69, 9.17) is 0 Å². The SMILES string of the molecule is CCCCc1ccc(NC(=O)CCCN(c2cc([N+](=O)[O-])ccc2C)S(C)(=O)=O)cc1. The van der Waals surface area contributed by atoms with E-state index < -0.39 is 14.9 Å². The summed E-state index contributed by atoms with van der Waals surface area (Å²) in [7, 11) is -3.67. The van der Waals surface area contributed by atoms with Gasteiger partial charge in [0.25, 0.3) is 5.69 Å². The summed E-state index contributed by atoms with van der Waals surface area (Å²) in [6, 6.07) is 11.8. The zero-order chi connectivity index (χ0) is 23.0. The molecule has 31 heavy (non-hydrogen) atoms. The first-order valence-electron chi connectivity index (χ1n) is 10.2. The van der Waals surface area contributed by atoms with E-state index in [1.807, 2.05) is 24.3 Å². The number of amides is 1. The monoisotopic (exact) mass is 447 g/mol. The molecule has 8 nitrogen and oxygen atoms in total. The molecule has 0 heterocycles. The number of sulfonamides is 1. The summed E-state index contributed by atoms with van der Waals surface area (Å²) in [5.74, 6) is -0.217. The van der Waals surface area contributed by atoms with Crippen LogP contribution in [-0.2, 0) is 21.2 Å². The van der Waals surface area contributed by atoms with Crippen molar-refractivity contribution in [3.05, 3.63) is 63.7 Å².